The summed E-state index contributed by atoms with van der Waals surface area (Å²) in [5, 5.41) is 5.19. The third kappa shape index (κ3) is 3.63. The van der Waals surface area contributed by atoms with Gasteiger partial charge in [0, 0.05) is 5.39 Å². The third-order valence-corrected chi connectivity index (χ3v) is 5.82. The lowest BCUT2D eigenvalue weighted by molar-refractivity contribution is -0.118. The zero-order valence-corrected chi connectivity index (χ0v) is 15.7. The van der Waals surface area contributed by atoms with E-state index in [0.29, 0.717) is 12.3 Å². The van der Waals surface area contributed by atoms with Gasteiger partial charge in [-0.3, -0.25) is 4.79 Å². The fraction of sp³-hybridized carbons (Fsp3) is 0.333. The van der Waals surface area contributed by atoms with Gasteiger partial charge in [-0.05, 0) is 67.5 Å². The van der Waals surface area contributed by atoms with Crippen molar-refractivity contribution in [2.45, 2.75) is 44.2 Å². The van der Waals surface area contributed by atoms with E-state index in [1.165, 1.54) is 34.9 Å². The number of nitrogens with one attached hydrogen (secondary N) is 1. The molecular formula is C21H22N2O2S. The number of amides is 1. The molecule has 0 bridgehead atoms. The quantitative estimate of drug-likeness (QED) is 0.679. The van der Waals surface area contributed by atoms with Crippen LogP contribution in [-0.4, -0.2) is 16.6 Å². The number of benzene rings is 1. The second-order valence-corrected chi connectivity index (χ2v) is 7.71. The van der Waals surface area contributed by atoms with Crippen LogP contribution in [0, 0.1) is 6.92 Å². The highest BCUT2D eigenvalue weighted by Crippen LogP contribution is 2.34. The first kappa shape index (κ1) is 17.2. The number of carbonyl (C=O) groups is 1. The predicted octanol–water partition coefficient (Wildman–Crippen LogP) is 4.42. The fourth-order valence-corrected chi connectivity index (χ4v) is 4.44. The summed E-state index contributed by atoms with van der Waals surface area (Å²) in [4.78, 5) is 17.1. The van der Waals surface area contributed by atoms with E-state index < -0.39 is 0 Å². The summed E-state index contributed by atoms with van der Waals surface area (Å²) in [6.07, 6.45) is 6.21. The van der Waals surface area contributed by atoms with Gasteiger partial charge in [-0.2, -0.15) is 0 Å². The van der Waals surface area contributed by atoms with Gasteiger partial charge in [0.05, 0.1) is 24.1 Å². The maximum Gasteiger partial charge on any atom is 0.230 e. The number of hydrogen-bond donors (Lipinski definition) is 1. The second-order valence-electron chi connectivity index (χ2n) is 6.75. The van der Waals surface area contributed by atoms with Crippen LogP contribution < -0.4 is 5.32 Å². The van der Waals surface area contributed by atoms with Crippen LogP contribution in [0.1, 0.15) is 35.3 Å². The molecule has 0 spiro atoms. The number of rotatable bonds is 5. The fourth-order valence-electron chi connectivity index (χ4n) is 3.51. The SMILES string of the molecule is Cc1ccc2c3c(c(SCC(=O)NCc4ccco4)nc2c1)CCCC3. The van der Waals surface area contributed by atoms with Gasteiger partial charge >= 0.3 is 0 Å². The zero-order chi connectivity index (χ0) is 17.9. The molecule has 1 aliphatic carbocycles. The molecule has 0 radical (unpaired) electrons. The molecule has 0 saturated carbocycles. The van der Waals surface area contributed by atoms with E-state index in [9.17, 15) is 4.79 Å². The average Bonchev–Trinajstić information content (AvgIpc) is 3.17. The topological polar surface area (TPSA) is 55.1 Å². The number of carbonyl (C=O) groups excluding carboxylic acids is 1. The van der Waals surface area contributed by atoms with E-state index in [-0.39, 0.29) is 5.91 Å². The Bertz CT molecular complexity index is 935. The Labute approximate surface area is 157 Å². The number of aromatic nitrogens is 1. The van der Waals surface area contributed by atoms with E-state index in [1.807, 2.05) is 12.1 Å². The highest BCUT2D eigenvalue weighted by molar-refractivity contribution is 8.00. The molecule has 26 heavy (non-hydrogen) atoms. The number of furan rings is 1. The second kappa shape index (κ2) is 7.54. The molecule has 1 aromatic carbocycles. The molecule has 4 nitrogen and oxygen atoms in total. The van der Waals surface area contributed by atoms with Crippen molar-refractivity contribution < 1.29 is 9.21 Å². The van der Waals surface area contributed by atoms with Crippen molar-refractivity contribution in [1.29, 1.82) is 0 Å². The minimum atomic E-state index is 0.00194. The lowest BCUT2D eigenvalue weighted by atomic mass is 9.90. The van der Waals surface area contributed by atoms with Gasteiger partial charge in [0.1, 0.15) is 10.8 Å². The Morgan fingerprint density at radius 3 is 2.88 bits per heavy atom. The van der Waals surface area contributed by atoms with Crippen LogP contribution in [0.25, 0.3) is 10.9 Å². The van der Waals surface area contributed by atoms with Gasteiger partial charge in [0.15, 0.2) is 0 Å². The molecule has 0 atom stereocenters. The van der Waals surface area contributed by atoms with E-state index >= 15 is 0 Å². The molecule has 0 fully saturated rings. The number of thioether (sulfide) groups is 1. The van der Waals surface area contributed by atoms with Crippen LogP contribution in [0.3, 0.4) is 0 Å². The van der Waals surface area contributed by atoms with Crippen molar-refractivity contribution in [1.82, 2.24) is 10.3 Å². The van der Waals surface area contributed by atoms with E-state index in [4.69, 9.17) is 9.40 Å². The molecule has 1 N–H and O–H groups in total. The highest BCUT2D eigenvalue weighted by atomic mass is 32.2. The summed E-state index contributed by atoms with van der Waals surface area (Å²) in [6, 6.07) is 10.2. The Morgan fingerprint density at radius 1 is 1.23 bits per heavy atom. The Morgan fingerprint density at radius 2 is 2.08 bits per heavy atom. The molecule has 3 aromatic rings. The Kier molecular flexibility index (Phi) is 4.98. The molecule has 2 heterocycles. The van der Waals surface area contributed by atoms with Crippen molar-refractivity contribution in [3.63, 3.8) is 0 Å². The summed E-state index contributed by atoms with van der Waals surface area (Å²) in [6.45, 7) is 2.52. The smallest absolute Gasteiger partial charge is 0.230 e. The summed E-state index contributed by atoms with van der Waals surface area (Å²) in [7, 11) is 0. The first-order valence-corrected chi connectivity index (χ1v) is 10.0. The number of aryl methyl sites for hydroxylation is 2. The van der Waals surface area contributed by atoms with Crippen molar-refractivity contribution in [2.75, 3.05) is 5.75 Å². The van der Waals surface area contributed by atoms with Crippen molar-refractivity contribution in [2.24, 2.45) is 0 Å². The minimum Gasteiger partial charge on any atom is -0.467 e. The van der Waals surface area contributed by atoms with Gasteiger partial charge in [-0.1, -0.05) is 23.9 Å². The third-order valence-electron chi connectivity index (χ3n) is 4.81. The van der Waals surface area contributed by atoms with E-state index in [0.717, 1.165) is 29.1 Å². The maximum absolute atomic E-state index is 12.2. The highest BCUT2D eigenvalue weighted by Gasteiger charge is 2.19. The average molecular weight is 366 g/mol. The monoisotopic (exact) mass is 366 g/mol. The van der Waals surface area contributed by atoms with Crippen LogP contribution in [0.5, 0.6) is 0 Å². The number of fused-ring (bicyclic) bond motifs is 3. The molecule has 0 unspecified atom stereocenters. The zero-order valence-electron chi connectivity index (χ0n) is 14.9. The molecule has 4 rings (SSSR count). The summed E-state index contributed by atoms with van der Waals surface area (Å²) in [5.41, 5.74) is 5.04. The molecular weight excluding hydrogens is 344 g/mol. The molecule has 1 aliphatic rings. The van der Waals surface area contributed by atoms with Gasteiger partial charge in [-0.25, -0.2) is 4.98 Å². The summed E-state index contributed by atoms with van der Waals surface area (Å²) >= 11 is 1.55. The number of hydrogen-bond acceptors (Lipinski definition) is 4. The lowest BCUT2D eigenvalue weighted by Crippen LogP contribution is -2.24. The molecule has 134 valence electrons. The summed E-state index contributed by atoms with van der Waals surface area (Å²) < 4.78 is 5.25. The van der Waals surface area contributed by atoms with Crippen LogP contribution in [-0.2, 0) is 24.2 Å². The van der Waals surface area contributed by atoms with Crippen LogP contribution in [0.4, 0.5) is 0 Å². The van der Waals surface area contributed by atoms with E-state index in [1.54, 1.807) is 18.0 Å². The molecule has 0 saturated heterocycles. The van der Waals surface area contributed by atoms with Crippen LogP contribution >= 0.6 is 11.8 Å². The van der Waals surface area contributed by atoms with Crippen molar-refractivity contribution in [3.05, 3.63) is 59.0 Å². The Hall–Kier alpha value is -2.27. The Balaban J connectivity index is 1.53. The van der Waals surface area contributed by atoms with Crippen molar-refractivity contribution in [3.8, 4) is 0 Å². The van der Waals surface area contributed by atoms with Crippen LogP contribution in [0.15, 0.2) is 46.0 Å². The van der Waals surface area contributed by atoms with E-state index in [2.05, 4.69) is 30.4 Å². The van der Waals surface area contributed by atoms with Gasteiger partial charge in [0.25, 0.3) is 0 Å². The largest absolute Gasteiger partial charge is 0.467 e. The van der Waals surface area contributed by atoms with Gasteiger partial charge in [-0.15, -0.1) is 0 Å². The molecule has 5 heteroatoms. The van der Waals surface area contributed by atoms with Crippen molar-refractivity contribution >= 4 is 28.6 Å². The minimum absolute atomic E-state index is 0.00194. The molecule has 2 aromatic heterocycles. The standard InChI is InChI=1S/C21H22N2O2S/c1-14-8-9-17-16-6-2-3-7-18(16)21(23-19(17)11-14)26-13-20(24)22-12-15-5-4-10-25-15/h4-5,8-11H,2-3,6-7,12-13H2,1H3,(H,22,24). The molecule has 1 amide bonds. The van der Waals surface area contributed by atoms with Gasteiger partial charge < -0.3 is 9.73 Å². The number of nitrogens with zero attached hydrogens (tertiary/aromatic N) is 1. The predicted molar refractivity (Wildman–Crippen MR) is 104 cm³/mol. The van der Waals surface area contributed by atoms with Gasteiger partial charge in [0.2, 0.25) is 5.91 Å². The first-order valence-electron chi connectivity index (χ1n) is 9.05. The number of pyridine rings is 1. The summed E-state index contributed by atoms with van der Waals surface area (Å²) in [5.74, 6) is 1.14. The molecule has 0 aliphatic heterocycles. The van der Waals surface area contributed by atoms with Crippen LogP contribution in [0.2, 0.25) is 0 Å². The first-order chi connectivity index (χ1) is 12.7. The lowest BCUT2D eigenvalue weighted by Gasteiger charge is -2.21. The normalized spacial score (nSPS) is 13.6. The maximum atomic E-state index is 12.2.